The Balaban J connectivity index is 1.58. The van der Waals surface area contributed by atoms with Crippen LogP contribution in [0.4, 0.5) is 15.8 Å². The first-order chi connectivity index (χ1) is 14.2. The molecule has 1 N–H and O–H groups in total. The van der Waals surface area contributed by atoms with Gasteiger partial charge < -0.3 is 10.2 Å². The van der Waals surface area contributed by atoms with Gasteiger partial charge in [-0.15, -0.1) is 0 Å². The maximum absolute atomic E-state index is 13.1. The molecule has 3 rings (SSSR count). The van der Waals surface area contributed by atoms with Gasteiger partial charge in [-0.1, -0.05) is 19.1 Å². The van der Waals surface area contributed by atoms with Gasteiger partial charge in [-0.3, -0.25) is 9.10 Å². The molecule has 30 heavy (non-hydrogen) atoms. The SMILES string of the molecule is CC1CCCN(c2ccc(CNC(=O)CN(c3ccc(F)cc3)S(C)(=O)=O)cc2)C1. The van der Waals surface area contributed by atoms with Crippen LogP contribution in [0.15, 0.2) is 48.5 Å². The van der Waals surface area contributed by atoms with Crippen LogP contribution in [-0.4, -0.2) is 40.2 Å². The number of nitrogens with zero attached hydrogens (tertiary/aromatic N) is 2. The second kappa shape index (κ2) is 9.47. The summed E-state index contributed by atoms with van der Waals surface area (Å²) in [5.41, 5.74) is 2.36. The summed E-state index contributed by atoms with van der Waals surface area (Å²) >= 11 is 0. The van der Waals surface area contributed by atoms with Crippen molar-refractivity contribution < 1.29 is 17.6 Å². The highest BCUT2D eigenvalue weighted by Gasteiger charge is 2.21. The van der Waals surface area contributed by atoms with Crippen LogP contribution in [-0.2, 0) is 21.4 Å². The zero-order valence-electron chi connectivity index (χ0n) is 17.3. The van der Waals surface area contributed by atoms with Crippen molar-refractivity contribution in [2.45, 2.75) is 26.3 Å². The lowest BCUT2D eigenvalue weighted by Crippen LogP contribution is -2.40. The maximum atomic E-state index is 13.1. The molecule has 1 unspecified atom stereocenters. The van der Waals surface area contributed by atoms with Crippen LogP contribution in [0.3, 0.4) is 0 Å². The summed E-state index contributed by atoms with van der Waals surface area (Å²) in [4.78, 5) is 14.7. The van der Waals surface area contributed by atoms with E-state index in [-0.39, 0.29) is 12.2 Å². The number of halogens is 1. The van der Waals surface area contributed by atoms with E-state index in [9.17, 15) is 17.6 Å². The number of carbonyl (C=O) groups is 1. The van der Waals surface area contributed by atoms with Gasteiger partial charge in [0.05, 0.1) is 11.9 Å². The van der Waals surface area contributed by atoms with E-state index >= 15 is 0 Å². The highest BCUT2D eigenvalue weighted by Crippen LogP contribution is 2.23. The van der Waals surface area contributed by atoms with Gasteiger partial charge in [0, 0.05) is 25.3 Å². The Morgan fingerprint density at radius 3 is 2.43 bits per heavy atom. The second-order valence-corrected chi connectivity index (χ2v) is 9.79. The Kier molecular flexibility index (Phi) is 6.97. The lowest BCUT2D eigenvalue weighted by Gasteiger charge is -2.32. The molecule has 2 aromatic rings. The minimum Gasteiger partial charge on any atom is -0.371 e. The van der Waals surface area contributed by atoms with E-state index < -0.39 is 21.7 Å². The molecule has 1 aliphatic heterocycles. The number of benzene rings is 2. The van der Waals surface area contributed by atoms with Gasteiger partial charge in [-0.05, 0) is 60.7 Å². The van der Waals surface area contributed by atoms with Crippen LogP contribution in [0.5, 0.6) is 0 Å². The molecule has 0 spiro atoms. The van der Waals surface area contributed by atoms with Crippen LogP contribution in [0.2, 0.25) is 0 Å². The Bertz CT molecular complexity index is 962. The molecule has 6 nitrogen and oxygen atoms in total. The summed E-state index contributed by atoms with van der Waals surface area (Å²) < 4.78 is 38.3. The Morgan fingerprint density at radius 1 is 1.17 bits per heavy atom. The standard InChI is InChI=1S/C22H28FN3O3S/c1-17-4-3-13-25(15-17)20-9-5-18(6-10-20)14-24-22(27)16-26(30(2,28)29)21-11-7-19(23)8-12-21/h5-12,17H,3-4,13-16H2,1-2H3,(H,24,27). The van der Waals surface area contributed by atoms with Crippen LogP contribution < -0.4 is 14.5 Å². The number of nitrogens with one attached hydrogen (secondary N) is 1. The topological polar surface area (TPSA) is 69.7 Å². The van der Waals surface area contributed by atoms with Crippen molar-refractivity contribution >= 4 is 27.3 Å². The van der Waals surface area contributed by atoms with Gasteiger partial charge in [-0.25, -0.2) is 12.8 Å². The van der Waals surface area contributed by atoms with Gasteiger partial charge in [0.1, 0.15) is 12.4 Å². The van der Waals surface area contributed by atoms with Crippen molar-refractivity contribution in [3.8, 4) is 0 Å². The minimum absolute atomic E-state index is 0.245. The molecule has 1 aliphatic rings. The summed E-state index contributed by atoms with van der Waals surface area (Å²) in [7, 11) is -3.69. The molecule has 1 amide bonds. The van der Waals surface area contributed by atoms with Crippen molar-refractivity contribution in [2.24, 2.45) is 5.92 Å². The van der Waals surface area contributed by atoms with E-state index in [1.165, 1.54) is 30.7 Å². The number of rotatable bonds is 7. The van der Waals surface area contributed by atoms with Crippen LogP contribution >= 0.6 is 0 Å². The third kappa shape index (κ3) is 5.95. The normalized spacial score (nSPS) is 16.9. The molecule has 162 valence electrons. The third-order valence-electron chi connectivity index (χ3n) is 5.25. The van der Waals surface area contributed by atoms with Gasteiger partial charge in [0.25, 0.3) is 0 Å². The average Bonchev–Trinajstić information content (AvgIpc) is 2.71. The highest BCUT2D eigenvalue weighted by molar-refractivity contribution is 7.92. The van der Waals surface area contributed by atoms with Gasteiger partial charge in [0.2, 0.25) is 15.9 Å². The van der Waals surface area contributed by atoms with E-state index in [1.54, 1.807) is 0 Å². The van der Waals surface area contributed by atoms with E-state index in [0.29, 0.717) is 12.5 Å². The van der Waals surface area contributed by atoms with Crippen molar-refractivity contribution in [3.05, 3.63) is 59.9 Å². The van der Waals surface area contributed by atoms with E-state index in [1.807, 2.05) is 12.1 Å². The number of carbonyl (C=O) groups excluding carboxylic acids is 1. The zero-order valence-corrected chi connectivity index (χ0v) is 18.2. The maximum Gasteiger partial charge on any atom is 0.241 e. The fraction of sp³-hybridized carbons (Fsp3) is 0.409. The number of amides is 1. The molecule has 2 aromatic carbocycles. The Morgan fingerprint density at radius 2 is 1.83 bits per heavy atom. The summed E-state index contributed by atoms with van der Waals surface area (Å²) in [6.07, 6.45) is 3.48. The van der Waals surface area contributed by atoms with Crippen LogP contribution in [0, 0.1) is 11.7 Å². The van der Waals surface area contributed by atoms with Crippen LogP contribution in [0.25, 0.3) is 0 Å². The van der Waals surface area contributed by atoms with E-state index in [2.05, 4.69) is 29.3 Å². The lowest BCUT2D eigenvalue weighted by molar-refractivity contribution is -0.119. The van der Waals surface area contributed by atoms with E-state index in [4.69, 9.17) is 0 Å². The molecule has 0 bridgehead atoms. The number of hydrogen-bond donors (Lipinski definition) is 1. The Hall–Kier alpha value is -2.61. The van der Waals surface area contributed by atoms with Crippen molar-refractivity contribution in [1.82, 2.24) is 5.32 Å². The van der Waals surface area contributed by atoms with Crippen molar-refractivity contribution in [3.63, 3.8) is 0 Å². The largest absolute Gasteiger partial charge is 0.371 e. The van der Waals surface area contributed by atoms with E-state index in [0.717, 1.165) is 41.3 Å². The Labute approximate surface area is 177 Å². The molecule has 0 saturated carbocycles. The fourth-order valence-corrected chi connectivity index (χ4v) is 4.50. The number of anilines is 2. The monoisotopic (exact) mass is 433 g/mol. The van der Waals surface area contributed by atoms with Crippen LogP contribution in [0.1, 0.15) is 25.3 Å². The quantitative estimate of drug-likeness (QED) is 0.728. The number of sulfonamides is 1. The summed E-state index contributed by atoms with van der Waals surface area (Å²) in [5, 5.41) is 2.76. The van der Waals surface area contributed by atoms with Gasteiger partial charge in [-0.2, -0.15) is 0 Å². The van der Waals surface area contributed by atoms with Gasteiger partial charge >= 0.3 is 0 Å². The predicted molar refractivity (Wildman–Crippen MR) is 117 cm³/mol. The number of piperidine rings is 1. The van der Waals surface area contributed by atoms with Gasteiger partial charge in [0.15, 0.2) is 0 Å². The predicted octanol–water partition coefficient (Wildman–Crippen LogP) is 3.14. The molecule has 1 saturated heterocycles. The zero-order chi connectivity index (χ0) is 21.7. The summed E-state index contributed by atoms with van der Waals surface area (Å²) in [6, 6.07) is 13.1. The number of hydrogen-bond acceptors (Lipinski definition) is 4. The smallest absolute Gasteiger partial charge is 0.241 e. The molecule has 0 aliphatic carbocycles. The first-order valence-corrected chi connectivity index (χ1v) is 11.9. The molecule has 8 heteroatoms. The molecule has 1 heterocycles. The average molecular weight is 434 g/mol. The third-order valence-corrected chi connectivity index (χ3v) is 6.39. The molecular weight excluding hydrogens is 405 g/mol. The molecular formula is C22H28FN3O3S. The fourth-order valence-electron chi connectivity index (χ4n) is 3.64. The molecule has 0 radical (unpaired) electrons. The second-order valence-electron chi connectivity index (χ2n) is 7.88. The highest BCUT2D eigenvalue weighted by atomic mass is 32.2. The molecule has 1 fully saturated rings. The van der Waals surface area contributed by atoms with Crippen molar-refractivity contribution in [2.75, 3.05) is 35.1 Å². The van der Waals surface area contributed by atoms with Crippen molar-refractivity contribution in [1.29, 1.82) is 0 Å². The molecule has 0 aromatic heterocycles. The summed E-state index contributed by atoms with van der Waals surface area (Å²) in [5.74, 6) is -0.214. The molecule has 1 atom stereocenters. The minimum atomic E-state index is -3.69. The lowest BCUT2D eigenvalue weighted by atomic mass is 9.99. The first-order valence-electron chi connectivity index (χ1n) is 10.1. The first kappa shape index (κ1) is 22.1. The summed E-state index contributed by atoms with van der Waals surface area (Å²) in [6.45, 7) is 4.32.